The van der Waals surface area contributed by atoms with Crippen LogP contribution in [0.2, 0.25) is 0 Å². The number of aliphatic imine (C=N–C) groups is 1. The largest absolute Gasteiger partial charge is 0.493 e. The van der Waals surface area contributed by atoms with Gasteiger partial charge < -0.3 is 9.64 Å². The molecule has 9 nitrogen and oxygen atoms in total. The Kier molecular flexibility index (Phi) is 8.24. The molecule has 2 aliphatic carbocycles. The fraction of sp³-hybridized carbons (Fsp3) is 0.424. The number of carbonyl (C=O) groups is 1. The number of piperazine rings is 1. The summed E-state index contributed by atoms with van der Waals surface area (Å²) in [5.41, 5.74) is 3.61. The summed E-state index contributed by atoms with van der Waals surface area (Å²) in [4.78, 5) is 26.4. The first-order valence-corrected chi connectivity index (χ1v) is 16.5. The molecule has 2 aliphatic heterocycles. The number of ether oxygens (including phenoxy) is 1. The molecule has 2 fully saturated rings. The molecule has 1 saturated carbocycles. The van der Waals surface area contributed by atoms with Crippen LogP contribution in [0.1, 0.15) is 47.7 Å². The number of aryl methyl sites for hydroxylation is 1. The van der Waals surface area contributed by atoms with Crippen LogP contribution in [-0.4, -0.2) is 78.9 Å². The van der Waals surface area contributed by atoms with Crippen molar-refractivity contribution in [3.05, 3.63) is 89.3 Å². The number of aromatic nitrogens is 1. The summed E-state index contributed by atoms with van der Waals surface area (Å²) in [6.07, 6.45) is 18.1. The van der Waals surface area contributed by atoms with Crippen molar-refractivity contribution < 1.29 is 17.9 Å². The van der Waals surface area contributed by atoms with Gasteiger partial charge in [-0.15, -0.1) is 0 Å². The molecule has 6 rings (SSSR count). The van der Waals surface area contributed by atoms with E-state index in [4.69, 9.17) is 4.74 Å². The van der Waals surface area contributed by atoms with Crippen molar-refractivity contribution in [2.24, 2.45) is 10.9 Å². The lowest BCUT2D eigenvalue weighted by atomic mass is 9.86. The van der Waals surface area contributed by atoms with E-state index in [0.717, 1.165) is 43.1 Å². The molecule has 2 aromatic rings. The number of sulfonamides is 1. The Labute approximate surface area is 254 Å². The molecule has 2 unspecified atom stereocenters. The number of hydrogen-bond donors (Lipinski definition) is 1. The first-order valence-electron chi connectivity index (χ1n) is 15.0. The van der Waals surface area contributed by atoms with Crippen LogP contribution in [-0.2, 0) is 16.6 Å². The highest BCUT2D eigenvalue weighted by Gasteiger charge is 2.47. The summed E-state index contributed by atoms with van der Waals surface area (Å²) in [6.45, 7) is 7.73. The van der Waals surface area contributed by atoms with Crippen LogP contribution in [0.3, 0.4) is 0 Å². The molecule has 1 amide bonds. The average molecular weight is 602 g/mol. The molecule has 0 spiro atoms. The molecule has 1 aromatic carbocycles. The summed E-state index contributed by atoms with van der Waals surface area (Å²) >= 11 is 0. The maximum Gasteiger partial charge on any atom is 0.253 e. The molecule has 226 valence electrons. The minimum Gasteiger partial charge on any atom is -0.493 e. The van der Waals surface area contributed by atoms with Crippen LogP contribution < -0.4 is 9.46 Å². The molecule has 1 saturated heterocycles. The van der Waals surface area contributed by atoms with Gasteiger partial charge in [0.2, 0.25) is 10.0 Å². The predicted molar refractivity (Wildman–Crippen MR) is 169 cm³/mol. The van der Waals surface area contributed by atoms with Crippen LogP contribution in [0.25, 0.3) is 0 Å². The van der Waals surface area contributed by atoms with Crippen molar-refractivity contribution in [3.63, 3.8) is 0 Å². The van der Waals surface area contributed by atoms with E-state index in [0.29, 0.717) is 35.8 Å². The number of benzene rings is 1. The van der Waals surface area contributed by atoms with Crippen LogP contribution in [0.4, 0.5) is 5.69 Å². The predicted octanol–water partition coefficient (Wildman–Crippen LogP) is 4.53. The number of pyridine rings is 1. The molecule has 2 atom stereocenters. The number of nitrogens with one attached hydrogen (secondary N) is 1. The van der Waals surface area contributed by atoms with Gasteiger partial charge in [-0.1, -0.05) is 30.7 Å². The van der Waals surface area contributed by atoms with Crippen LogP contribution in [0.15, 0.2) is 77.6 Å². The molecule has 1 aromatic heterocycles. The minimum absolute atomic E-state index is 0.0525. The number of dihydropyridines is 1. The van der Waals surface area contributed by atoms with E-state index in [2.05, 4.69) is 19.6 Å². The molecule has 1 N–H and O–H groups in total. The zero-order chi connectivity index (χ0) is 30.0. The Morgan fingerprint density at radius 3 is 2.70 bits per heavy atom. The van der Waals surface area contributed by atoms with Crippen molar-refractivity contribution in [1.29, 1.82) is 0 Å². The van der Waals surface area contributed by atoms with Gasteiger partial charge >= 0.3 is 0 Å². The number of anilines is 1. The Morgan fingerprint density at radius 2 is 1.95 bits per heavy atom. The molecule has 10 heteroatoms. The van der Waals surface area contributed by atoms with Crippen molar-refractivity contribution in [2.45, 2.75) is 50.4 Å². The molecule has 0 radical (unpaired) electrons. The fourth-order valence-corrected chi connectivity index (χ4v) is 7.50. The van der Waals surface area contributed by atoms with Gasteiger partial charge in [-0.3, -0.25) is 24.4 Å². The second kappa shape index (κ2) is 12.1. The van der Waals surface area contributed by atoms with E-state index < -0.39 is 20.8 Å². The highest BCUT2D eigenvalue weighted by atomic mass is 32.2. The third-order valence-corrected chi connectivity index (χ3v) is 11.1. The van der Waals surface area contributed by atoms with Gasteiger partial charge in [0.25, 0.3) is 5.91 Å². The number of hydrogen-bond acceptors (Lipinski definition) is 7. The summed E-state index contributed by atoms with van der Waals surface area (Å²) in [7, 11) is -3.86. The number of carbonyl (C=O) groups excluding carboxylic acids is 1. The Morgan fingerprint density at radius 1 is 1.14 bits per heavy atom. The van der Waals surface area contributed by atoms with Crippen LogP contribution in [0.5, 0.6) is 5.75 Å². The normalized spacial score (nSPS) is 23.8. The lowest BCUT2D eigenvalue weighted by Gasteiger charge is -2.36. The summed E-state index contributed by atoms with van der Waals surface area (Å²) < 4.78 is 34.9. The maximum absolute atomic E-state index is 13.6. The van der Waals surface area contributed by atoms with E-state index in [1.807, 2.05) is 42.3 Å². The van der Waals surface area contributed by atoms with Gasteiger partial charge in [-0.25, -0.2) is 8.42 Å². The van der Waals surface area contributed by atoms with E-state index in [1.54, 1.807) is 49.7 Å². The summed E-state index contributed by atoms with van der Waals surface area (Å²) in [6, 6.07) is 6.57. The molecular weight excluding hydrogens is 562 g/mol. The third-order valence-electron chi connectivity index (χ3n) is 9.09. The van der Waals surface area contributed by atoms with Crippen molar-refractivity contribution in [3.8, 4) is 5.75 Å². The monoisotopic (exact) mass is 601 g/mol. The van der Waals surface area contributed by atoms with Gasteiger partial charge in [-0.05, 0) is 74.1 Å². The standard InChI is InChI=1S/C33H39N5O4S/c1-24-20-27(10-11-29(24)36-43(40,41)33(2)13-4-8-26-9-5-14-35-31(26)33)32(39)38-18-16-37(17-19-38)22-28-21-34-15-12-30(28)42-23-25-6-3-7-25/h4-5,8-15,20-21,25,31,36H,3,6-7,16-19,22-23H2,1-2H3. The maximum atomic E-state index is 13.6. The SMILES string of the molecule is Cc1cc(C(=O)N2CCN(Cc3cnccc3OCC3CCC3)CC2)ccc1NS(=O)(=O)C1(C)C=CC=C2C=CC=NC21. The molecule has 4 aliphatic rings. The Balaban J connectivity index is 1.06. The number of rotatable bonds is 9. The number of fused-ring (bicyclic) bond motifs is 1. The van der Waals surface area contributed by atoms with Crippen LogP contribution in [0, 0.1) is 12.8 Å². The van der Waals surface area contributed by atoms with Gasteiger partial charge in [-0.2, -0.15) is 0 Å². The fourth-order valence-electron chi connectivity index (χ4n) is 6.01. The second-order valence-electron chi connectivity index (χ2n) is 12.1. The topological polar surface area (TPSA) is 104 Å². The zero-order valence-electron chi connectivity index (χ0n) is 24.8. The highest BCUT2D eigenvalue weighted by Crippen LogP contribution is 2.36. The van der Waals surface area contributed by atoms with E-state index in [9.17, 15) is 13.2 Å². The van der Waals surface area contributed by atoms with Gasteiger partial charge in [0.05, 0.1) is 18.3 Å². The van der Waals surface area contributed by atoms with E-state index in [1.165, 1.54) is 19.3 Å². The summed E-state index contributed by atoms with van der Waals surface area (Å²) in [5, 5.41) is 0. The first kappa shape index (κ1) is 29.3. The first-order chi connectivity index (χ1) is 20.7. The summed E-state index contributed by atoms with van der Waals surface area (Å²) in [5.74, 6) is 1.52. The molecular formula is C33H39N5O4S. The Hall–Kier alpha value is -3.76. The van der Waals surface area contributed by atoms with E-state index >= 15 is 0 Å². The zero-order valence-corrected chi connectivity index (χ0v) is 25.6. The van der Waals surface area contributed by atoms with Gasteiger partial charge in [0.15, 0.2) is 0 Å². The lowest BCUT2D eigenvalue weighted by molar-refractivity contribution is 0.0626. The minimum atomic E-state index is -3.86. The number of allylic oxidation sites excluding steroid dienone is 3. The molecule has 0 bridgehead atoms. The highest BCUT2D eigenvalue weighted by molar-refractivity contribution is 7.94. The number of nitrogens with zero attached hydrogens (tertiary/aromatic N) is 4. The number of amides is 1. The third kappa shape index (κ3) is 6.03. The van der Waals surface area contributed by atoms with Crippen molar-refractivity contribution in [1.82, 2.24) is 14.8 Å². The lowest BCUT2D eigenvalue weighted by Crippen LogP contribution is -2.49. The van der Waals surface area contributed by atoms with Gasteiger partial charge in [0, 0.05) is 62.5 Å². The second-order valence-corrected chi connectivity index (χ2v) is 14.2. The van der Waals surface area contributed by atoms with Crippen molar-refractivity contribution in [2.75, 3.05) is 37.5 Å². The smallest absolute Gasteiger partial charge is 0.253 e. The average Bonchev–Trinajstić information content (AvgIpc) is 2.98. The quantitative estimate of drug-likeness (QED) is 0.453. The Bertz CT molecular complexity index is 1600. The van der Waals surface area contributed by atoms with Gasteiger partial charge in [0.1, 0.15) is 10.5 Å². The molecule has 3 heterocycles. The van der Waals surface area contributed by atoms with Crippen molar-refractivity contribution >= 4 is 27.8 Å². The van der Waals surface area contributed by atoms with Crippen LogP contribution >= 0.6 is 0 Å². The van der Waals surface area contributed by atoms with E-state index in [-0.39, 0.29) is 5.91 Å². The molecule has 43 heavy (non-hydrogen) atoms.